The fourth-order valence-electron chi connectivity index (χ4n) is 7.94. The maximum Gasteiger partial charge on any atom is 0.334 e. The number of carbonyl (C=O) groups excluding carboxylic acids is 2. The summed E-state index contributed by atoms with van der Waals surface area (Å²) in [5.41, 5.74) is 5.68. The average Bonchev–Trinajstić information content (AvgIpc) is 3.19. The van der Waals surface area contributed by atoms with E-state index in [1.807, 2.05) is 19.9 Å². The van der Waals surface area contributed by atoms with Gasteiger partial charge in [0.1, 0.15) is 23.5 Å². The largest absolute Gasteiger partial charge is 0.462 e. The Bertz CT molecular complexity index is 837. The summed E-state index contributed by atoms with van der Waals surface area (Å²) in [6.07, 6.45) is 11.3. The Morgan fingerprint density at radius 1 is 1.15 bits per heavy atom. The molecule has 0 aromatic rings. The highest BCUT2D eigenvalue weighted by atomic mass is 16.6. The van der Waals surface area contributed by atoms with Crippen molar-refractivity contribution in [1.82, 2.24) is 0 Å². The zero-order valence-corrected chi connectivity index (χ0v) is 21.1. The summed E-state index contributed by atoms with van der Waals surface area (Å²) in [5, 5.41) is 2.28. The third-order valence-corrected chi connectivity index (χ3v) is 9.97. The van der Waals surface area contributed by atoms with Crippen LogP contribution in [0.4, 0.5) is 0 Å². The number of ether oxygens (including phenoxy) is 3. The molecule has 9 atom stereocenters. The minimum absolute atomic E-state index is 0.0280. The topological polar surface area (TPSA) is 104 Å². The Hall–Kier alpha value is -1.44. The van der Waals surface area contributed by atoms with E-state index in [1.54, 1.807) is 0 Å². The number of rotatable bonds is 3. The summed E-state index contributed by atoms with van der Waals surface area (Å²) in [6, 6.07) is 0. The van der Waals surface area contributed by atoms with E-state index in [2.05, 4.69) is 12.2 Å². The highest BCUT2D eigenvalue weighted by Crippen LogP contribution is 2.60. The molecule has 0 aromatic heterocycles. The second-order valence-electron chi connectivity index (χ2n) is 11.9. The molecule has 190 valence electrons. The highest BCUT2D eigenvalue weighted by molar-refractivity contribution is 5.88. The molecular weight excluding hydrogens is 432 g/mol. The average molecular weight is 476 g/mol. The molecule has 5 rings (SSSR count). The lowest BCUT2D eigenvalue weighted by molar-refractivity contribution is -0.704. The monoisotopic (exact) mass is 475 g/mol. The maximum atomic E-state index is 13.0. The van der Waals surface area contributed by atoms with E-state index in [9.17, 15) is 9.59 Å². The van der Waals surface area contributed by atoms with Crippen molar-refractivity contribution < 1.29 is 29.1 Å². The van der Waals surface area contributed by atoms with E-state index in [0.717, 1.165) is 64.3 Å². The quantitative estimate of drug-likeness (QED) is 0.480. The van der Waals surface area contributed by atoms with Gasteiger partial charge in [-0.1, -0.05) is 6.08 Å². The molecule has 6 unspecified atom stereocenters. The van der Waals surface area contributed by atoms with E-state index < -0.39 is 11.2 Å². The van der Waals surface area contributed by atoms with Gasteiger partial charge in [-0.2, -0.15) is 0 Å². The first-order valence-electron chi connectivity index (χ1n) is 13.6. The molecule has 2 aliphatic carbocycles. The van der Waals surface area contributed by atoms with Crippen molar-refractivity contribution in [1.29, 1.82) is 0 Å². The summed E-state index contributed by atoms with van der Waals surface area (Å²) in [6.45, 7) is 6.84. The molecule has 7 nitrogen and oxygen atoms in total. The van der Waals surface area contributed by atoms with Crippen molar-refractivity contribution >= 4 is 11.9 Å². The van der Waals surface area contributed by atoms with Crippen LogP contribution < -0.4 is 11.1 Å². The molecule has 3 heterocycles. The van der Waals surface area contributed by atoms with Gasteiger partial charge in [-0.25, -0.2) is 4.79 Å². The van der Waals surface area contributed by atoms with Gasteiger partial charge < -0.3 is 19.5 Å². The van der Waals surface area contributed by atoms with E-state index in [1.165, 1.54) is 0 Å². The first-order chi connectivity index (χ1) is 16.2. The standard InChI is InChI=1S/C27H42N2O5/c1-4-16(2)25(31)34-26(3)11-5-6-20(18-7-9-23(28)29-15-18)27(26)14-19-12-17-8-10-24(30)32-21(17)13-22(19)33-27/h4,17-23,29H,5-15,28H2,1-3H3/p+1/t17?,18?,19?,20-,21?,22?,23?,26+,27-/m0/s1. The maximum absolute atomic E-state index is 13.0. The molecule has 2 saturated carbocycles. The van der Waals surface area contributed by atoms with Crippen LogP contribution in [0.3, 0.4) is 0 Å². The van der Waals surface area contributed by atoms with E-state index in [4.69, 9.17) is 19.9 Å². The normalized spacial score (nSPS) is 47.0. The highest BCUT2D eigenvalue weighted by Gasteiger charge is 2.66. The molecule has 0 aromatic carbocycles. The lowest BCUT2D eigenvalue weighted by Crippen LogP contribution is -2.95. The number of allylic oxidation sites excluding steroid dienone is 1. The Balaban J connectivity index is 1.47. The van der Waals surface area contributed by atoms with Crippen molar-refractivity contribution in [3.8, 4) is 0 Å². The number of carbonyl (C=O) groups is 2. The fourth-order valence-corrected chi connectivity index (χ4v) is 7.94. The summed E-state index contributed by atoms with van der Waals surface area (Å²) >= 11 is 0. The minimum atomic E-state index is -0.671. The Morgan fingerprint density at radius 2 is 1.97 bits per heavy atom. The molecule has 0 radical (unpaired) electrons. The summed E-state index contributed by atoms with van der Waals surface area (Å²) in [7, 11) is 0. The number of fused-ring (bicyclic) bond motifs is 2. The van der Waals surface area contributed by atoms with E-state index >= 15 is 0 Å². The van der Waals surface area contributed by atoms with Gasteiger partial charge >= 0.3 is 11.9 Å². The van der Waals surface area contributed by atoms with Gasteiger partial charge in [-0.05, 0) is 77.6 Å². The van der Waals surface area contributed by atoms with Crippen LogP contribution in [0, 0.1) is 23.7 Å². The van der Waals surface area contributed by atoms with Gasteiger partial charge in [0.15, 0.2) is 0 Å². The second-order valence-corrected chi connectivity index (χ2v) is 11.9. The third kappa shape index (κ3) is 4.11. The van der Waals surface area contributed by atoms with Crippen molar-refractivity contribution in [2.45, 2.75) is 115 Å². The number of piperidine rings is 1. The molecule has 0 amide bonds. The van der Waals surface area contributed by atoms with Crippen molar-refractivity contribution in [3.63, 3.8) is 0 Å². The van der Waals surface area contributed by atoms with Gasteiger partial charge in [-0.3, -0.25) is 10.5 Å². The van der Waals surface area contributed by atoms with Gasteiger partial charge in [0.25, 0.3) is 0 Å². The van der Waals surface area contributed by atoms with Crippen LogP contribution in [0.2, 0.25) is 0 Å². The van der Waals surface area contributed by atoms with Crippen LogP contribution in [-0.4, -0.2) is 48.1 Å². The summed E-state index contributed by atoms with van der Waals surface area (Å²) in [5.74, 6) is 1.39. The molecule has 1 spiro atoms. The van der Waals surface area contributed by atoms with Crippen LogP contribution in [0.1, 0.15) is 85.0 Å². The van der Waals surface area contributed by atoms with Crippen molar-refractivity contribution in [3.05, 3.63) is 11.6 Å². The first kappa shape index (κ1) is 24.3. The predicted octanol–water partition coefficient (Wildman–Crippen LogP) is 2.57. The Kier molecular flexibility index (Phi) is 6.57. The Morgan fingerprint density at radius 3 is 2.71 bits per heavy atom. The van der Waals surface area contributed by atoms with Crippen LogP contribution in [0.5, 0.6) is 0 Å². The molecule has 7 heteroatoms. The molecule has 5 fully saturated rings. The molecule has 5 aliphatic rings. The fraction of sp³-hybridized carbons (Fsp3) is 0.852. The predicted molar refractivity (Wildman–Crippen MR) is 126 cm³/mol. The molecule has 34 heavy (non-hydrogen) atoms. The zero-order valence-electron chi connectivity index (χ0n) is 21.1. The van der Waals surface area contributed by atoms with E-state index in [-0.39, 0.29) is 30.3 Å². The number of quaternary nitrogens is 1. The molecule has 4 N–H and O–H groups in total. The Labute approximate surface area is 203 Å². The molecule has 0 bridgehead atoms. The first-order valence-corrected chi connectivity index (χ1v) is 13.6. The second kappa shape index (κ2) is 9.21. The number of esters is 2. The van der Waals surface area contributed by atoms with Crippen LogP contribution in [0.15, 0.2) is 11.6 Å². The summed E-state index contributed by atoms with van der Waals surface area (Å²) < 4.78 is 19.3. The lowest BCUT2D eigenvalue weighted by atomic mass is 9.58. The molecule has 3 aliphatic heterocycles. The molecular formula is C27H43N2O5+. The van der Waals surface area contributed by atoms with Crippen LogP contribution in [0.25, 0.3) is 0 Å². The van der Waals surface area contributed by atoms with Gasteiger partial charge in [0.05, 0.1) is 12.6 Å². The van der Waals surface area contributed by atoms with Crippen molar-refractivity contribution in [2.75, 3.05) is 6.54 Å². The SMILES string of the molecule is CC=C(C)C(=O)O[C@]1(C)CCC[C@@H](C2CCC(N)[NH2+]C2)[C@@]12CC1CC3CCC(=O)OC3CC1O2. The van der Waals surface area contributed by atoms with Crippen molar-refractivity contribution in [2.24, 2.45) is 29.4 Å². The smallest absolute Gasteiger partial charge is 0.334 e. The molecule has 3 saturated heterocycles. The van der Waals surface area contributed by atoms with Crippen LogP contribution >= 0.6 is 0 Å². The van der Waals surface area contributed by atoms with Crippen LogP contribution in [-0.2, 0) is 23.8 Å². The van der Waals surface area contributed by atoms with E-state index in [0.29, 0.717) is 35.7 Å². The lowest BCUT2D eigenvalue weighted by Gasteiger charge is -2.55. The third-order valence-electron chi connectivity index (χ3n) is 9.97. The number of hydrogen-bond donors (Lipinski definition) is 2. The van der Waals surface area contributed by atoms with Gasteiger partial charge in [-0.15, -0.1) is 0 Å². The van der Waals surface area contributed by atoms with Gasteiger partial charge in [0.2, 0.25) is 0 Å². The van der Waals surface area contributed by atoms with Gasteiger partial charge in [0, 0.05) is 36.7 Å². The number of nitrogens with two attached hydrogens (primary N) is 2. The number of hydrogen-bond acceptors (Lipinski definition) is 6. The summed E-state index contributed by atoms with van der Waals surface area (Å²) in [4.78, 5) is 25.0. The minimum Gasteiger partial charge on any atom is -0.462 e. The zero-order chi connectivity index (χ0) is 24.1.